The van der Waals surface area contributed by atoms with Crippen LogP contribution in [0.1, 0.15) is 25.0 Å². The summed E-state index contributed by atoms with van der Waals surface area (Å²) < 4.78 is 5.26. The maximum absolute atomic E-state index is 8.85. The summed E-state index contributed by atoms with van der Waals surface area (Å²) in [5, 5.41) is 12.1. The highest BCUT2D eigenvalue weighted by molar-refractivity contribution is 5.41. The number of nitrogens with one attached hydrogen (secondary N) is 1. The van der Waals surface area contributed by atoms with Crippen molar-refractivity contribution in [3.63, 3.8) is 0 Å². The second kappa shape index (κ2) is 6.72. The fourth-order valence-corrected chi connectivity index (χ4v) is 1.47. The van der Waals surface area contributed by atoms with Gasteiger partial charge in [-0.2, -0.15) is 5.26 Å². The molecule has 1 rings (SSSR count). The van der Waals surface area contributed by atoms with Crippen molar-refractivity contribution in [3.8, 4) is 11.8 Å². The molecule has 0 spiro atoms. The molecule has 3 nitrogen and oxygen atoms in total. The molecule has 0 aliphatic rings. The summed E-state index contributed by atoms with van der Waals surface area (Å²) in [5.41, 5.74) is 2.95. The average Bonchev–Trinajstić information content (AvgIpc) is 2.34. The van der Waals surface area contributed by atoms with E-state index in [0.717, 1.165) is 17.9 Å². The predicted octanol–water partition coefficient (Wildman–Crippen LogP) is 2.62. The van der Waals surface area contributed by atoms with Crippen LogP contribution in [0.2, 0.25) is 0 Å². The molecule has 0 saturated carbocycles. The van der Waals surface area contributed by atoms with E-state index in [-0.39, 0.29) is 0 Å². The van der Waals surface area contributed by atoms with Crippen molar-refractivity contribution in [2.24, 2.45) is 0 Å². The van der Waals surface area contributed by atoms with Crippen LogP contribution in [0.15, 0.2) is 29.8 Å². The van der Waals surface area contributed by atoms with Crippen molar-refractivity contribution >= 4 is 0 Å². The van der Waals surface area contributed by atoms with Crippen molar-refractivity contribution in [2.75, 3.05) is 13.7 Å². The molecule has 0 fully saturated rings. The summed E-state index contributed by atoms with van der Waals surface area (Å²) in [6.07, 6.45) is 2.13. The number of hydrogen-bond acceptors (Lipinski definition) is 3. The Morgan fingerprint density at radius 2 is 2.24 bits per heavy atom. The summed E-state index contributed by atoms with van der Waals surface area (Å²) in [5.74, 6) is 0.814. The Morgan fingerprint density at radius 1 is 1.47 bits per heavy atom. The molecule has 1 N–H and O–H groups in total. The molecule has 1 aromatic rings. The molecule has 0 aliphatic carbocycles. The van der Waals surface area contributed by atoms with Gasteiger partial charge in [0.25, 0.3) is 0 Å². The van der Waals surface area contributed by atoms with Gasteiger partial charge in [-0.05, 0) is 32.0 Å². The second-order valence-corrected chi connectivity index (χ2v) is 4.05. The maximum Gasteiger partial charge on any atom is 0.123 e. The van der Waals surface area contributed by atoms with Gasteiger partial charge in [-0.1, -0.05) is 11.6 Å². The molecule has 0 atom stereocenters. The molecule has 0 aromatic heterocycles. The highest BCUT2D eigenvalue weighted by atomic mass is 16.5. The first-order valence-electron chi connectivity index (χ1n) is 5.58. The van der Waals surface area contributed by atoms with E-state index in [1.54, 1.807) is 13.2 Å². The first-order valence-corrected chi connectivity index (χ1v) is 5.58. The Labute approximate surface area is 103 Å². The molecule has 0 radical (unpaired) electrons. The van der Waals surface area contributed by atoms with Gasteiger partial charge in [0, 0.05) is 18.7 Å². The summed E-state index contributed by atoms with van der Waals surface area (Å²) >= 11 is 0. The Kier molecular flexibility index (Phi) is 5.25. The monoisotopic (exact) mass is 230 g/mol. The van der Waals surface area contributed by atoms with Crippen LogP contribution in [0.3, 0.4) is 0 Å². The first kappa shape index (κ1) is 13.3. The molecule has 90 valence electrons. The largest absolute Gasteiger partial charge is 0.496 e. The van der Waals surface area contributed by atoms with Crippen LogP contribution in [-0.4, -0.2) is 13.7 Å². The van der Waals surface area contributed by atoms with Crippen molar-refractivity contribution in [1.29, 1.82) is 5.26 Å². The highest BCUT2D eigenvalue weighted by Crippen LogP contribution is 2.19. The van der Waals surface area contributed by atoms with Gasteiger partial charge in [-0.15, -0.1) is 0 Å². The quantitative estimate of drug-likeness (QED) is 0.624. The number of nitrogens with zero attached hydrogens (tertiary/aromatic N) is 1. The molecule has 1 aromatic carbocycles. The third-order valence-electron chi connectivity index (χ3n) is 2.38. The summed E-state index contributed by atoms with van der Waals surface area (Å²) in [7, 11) is 1.64. The van der Waals surface area contributed by atoms with E-state index in [0.29, 0.717) is 12.1 Å². The van der Waals surface area contributed by atoms with E-state index in [4.69, 9.17) is 10.00 Å². The van der Waals surface area contributed by atoms with Gasteiger partial charge in [0.15, 0.2) is 0 Å². The van der Waals surface area contributed by atoms with Crippen LogP contribution in [0.25, 0.3) is 0 Å². The van der Waals surface area contributed by atoms with Gasteiger partial charge in [0.1, 0.15) is 5.75 Å². The van der Waals surface area contributed by atoms with Gasteiger partial charge < -0.3 is 10.1 Å². The number of hydrogen-bond donors (Lipinski definition) is 1. The van der Waals surface area contributed by atoms with Crippen LogP contribution in [-0.2, 0) is 6.54 Å². The predicted molar refractivity (Wildman–Crippen MR) is 68.8 cm³/mol. The van der Waals surface area contributed by atoms with E-state index in [1.165, 1.54) is 5.57 Å². The molecular weight excluding hydrogens is 212 g/mol. The standard InChI is InChI=1S/C14H18N2O/c1-11(2)6-7-16-10-13-8-12(9-15)4-5-14(13)17-3/h4-6,8,16H,7,10H2,1-3H3. The SMILES string of the molecule is COc1ccc(C#N)cc1CNCC=C(C)C. The van der Waals surface area contributed by atoms with Gasteiger partial charge >= 0.3 is 0 Å². The number of benzene rings is 1. The average molecular weight is 230 g/mol. The molecule has 0 saturated heterocycles. The zero-order valence-corrected chi connectivity index (χ0v) is 10.6. The zero-order valence-electron chi connectivity index (χ0n) is 10.6. The number of allylic oxidation sites excluding steroid dienone is 1. The number of rotatable bonds is 5. The fourth-order valence-electron chi connectivity index (χ4n) is 1.47. The first-order chi connectivity index (χ1) is 8.17. The molecule has 3 heteroatoms. The summed E-state index contributed by atoms with van der Waals surface area (Å²) in [6, 6.07) is 7.58. The Morgan fingerprint density at radius 3 is 2.82 bits per heavy atom. The van der Waals surface area contributed by atoms with E-state index < -0.39 is 0 Å². The van der Waals surface area contributed by atoms with Gasteiger partial charge in [-0.3, -0.25) is 0 Å². The molecular formula is C14H18N2O. The summed E-state index contributed by atoms with van der Waals surface area (Å²) in [4.78, 5) is 0. The third-order valence-corrected chi connectivity index (χ3v) is 2.38. The van der Waals surface area contributed by atoms with Crippen molar-refractivity contribution in [2.45, 2.75) is 20.4 Å². The van der Waals surface area contributed by atoms with Crippen LogP contribution >= 0.6 is 0 Å². The van der Waals surface area contributed by atoms with Crippen LogP contribution in [0, 0.1) is 11.3 Å². The van der Waals surface area contributed by atoms with Crippen LogP contribution < -0.4 is 10.1 Å². The molecule has 0 heterocycles. The molecule has 0 bridgehead atoms. The van der Waals surface area contributed by atoms with Crippen LogP contribution in [0.4, 0.5) is 0 Å². The zero-order chi connectivity index (χ0) is 12.7. The minimum Gasteiger partial charge on any atom is -0.496 e. The fraction of sp³-hybridized carbons (Fsp3) is 0.357. The number of nitriles is 1. The normalized spacial score (nSPS) is 9.53. The molecule has 0 aliphatic heterocycles. The van der Waals surface area contributed by atoms with Crippen molar-refractivity contribution in [3.05, 3.63) is 41.0 Å². The number of methoxy groups -OCH3 is 1. The Hall–Kier alpha value is -1.79. The lowest BCUT2D eigenvalue weighted by atomic mass is 10.1. The van der Waals surface area contributed by atoms with E-state index in [9.17, 15) is 0 Å². The van der Waals surface area contributed by atoms with Crippen LogP contribution in [0.5, 0.6) is 5.75 Å². The highest BCUT2D eigenvalue weighted by Gasteiger charge is 2.03. The van der Waals surface area contributed by atoms with E-state index in [2.05, 4.69) is 31.3 Å². The van der Waals surface area contributed by atoms with Gasteiger partial charge in [0.05, 0.1) is 18.7 Å². The van der Waals surface area contributed by atoms with Gasteiger partial charge in [0.2, 0.25) is 0 Å². The smallest absolute Gasteiger partial charge is 0.123 e. The molecule has 0 amide bonds. The Bertz CT molecular complexity index is 440. The lowest BCUT2D eigenvalue weighted by Crippen LogP contribution is -2.14. The van der Waals surface area contributed by atoms with E-state index in [1.807, 2.05) is 12.1 Å². The number of ether oxygens (including phenoxy) is 1. The van der Waals surface area contributed by atoms with Crippen molar-refractivity contribution in [1.82, 2.24) is 5.32 Å². The van der Waals surface area contributed by atoms with Crippen molar-refractivity contribution < 1.29 is 4.74 Å². The van der Waals surface area contributed by atoms with Gasteiger partial charge in [-0.25, -0.2) is 0 Å². The summed E-state index contributed by atoms with van der Waals surface area (Å²) in [6.45, 7) is 5.65. The Balaban J connectivity index is 2.68. The maximum atomic E-state index is 8.85. The minimum absolute atomic E-state index is 0.657. The molecule has 17 heavy (non-hydrogen) atoms. The molecule has 0 unspecified atom stereocenters. The lowest BCUT2D eigenvalue weighted by molar-refractivity contribution is 0.408. The van der Waals surface area contributed by atoms with E-state index >= 15 is 0 Å². The third kappa shape index (κ3) is 4.29. The lowest BCUT2D eigenvalue weighted by Gasteiger charge is -2.09. The second-order valence-electron chi connectivity index (χ2n) is 4.05. The topological polar surface area (TPSA) is 45.0 Å². The minimum atomic E-state index is 0.657.